The van der Waals surface area contributed by atoms with Crippen molar-refractivity contribution >= 4 is 29.1 Å². The molecule has 0 fully saturated rings. The van der Waals surface area contributed by atoms with Crippen LogP contribution in [0.5, 0.6) is 0 Å². The van der Waals surface area contributed by atoms with Crippen LogP contribution in [-0.4, -0.2) is 37.6 Å². The molecule has 102 valence electrons. The maximum atomic E-state index is 4.63. The monoisotopic (exact) mass is 285 g/mol. The van der Waals surface area contributed by atoms with Gasteiger partial charge in [-0.05, 0) is 24.6 Å². The third-order valence-corrected chi connectivity index (χ3v) is 4.21. The van der Waals surface area contributed by atoms with Gasteiger partial charge in [-0.2, -0.15) is 11.8 Å². The van der Waals surface area contributed by atoms with E-state index in [-0.39, 0.29) is 0 Å². The lowest BCUT2D eigenvalue weighted by molar-refractivity contribution is 0.765. The molecular weight excluding hydrogens is 262 g/mol. The zero-order valence-corrected chi connectivity index (χ0v) is 13.0. The highest BCUT2D eigenvalue weighted by molar-refractivity contribution is 7.98. The van der Waals surface area contributed by atoms with Gasteiger partial charge in [-0.1, -0.05) is 13.0 Å². The van der Waals surface area contributed by atoms with E-state index in [4.69, 9.17) is 0 Å². The number of thiophene rings is 1. The Labute approximate surface area is 118 Å². The first-order valence-corrected chi connectivity index (χ1v) is 8.59. The molecule has 2 N–H and O–H groups in total. The van der Waals surface area contributed by atoms with Crippen molar-refractivity contribution in [2.75, 3.05) is 31.6 Å². The normalized spacial score (nSPS) is 13.4. The fourth-order valence-corrected chi connectivity index (χ4v) is 2.59. The minimum atomic E-state index is 0.487. The quantitative estimate of drug-likeness (QED) is 0.459. The van der Waals surface area contributed by atoms with Crippen molar-refractivity contribution in [3.05, 3.63) is 22.4 Å². The van der Waals surface area contributed by atoms with E-state index in [0.29, 0.717) is 5.92 Å². The van der Waals surface area contributed by atoms with E-state index in [1.165, 1.54) is 4.88 Å². The van der Waals surface area contributed by atoms with Crippen molar-refractivity contribution < 1.29 is 0 Å². The first-order valence-electron chi connectivity index (χ1n) is 6.32. The summed E-state index contributed by atoms with van der Waals surface area (Å²) in [7, 11) is 0. The van der Waals surface area contributed by atoms with E-state index < -0.39 is 0 Å². The van der Waals surface area contributed by atoms with E-state index >= 15 is 0 Å². The third kappa shape index (κ3) is 5.78. The van der Waals surface area contributed by atoms with E-state index in [0.717, 1.165) is 31.3 Å². The Balaban J connectivity index is 2.43. The van der Waals surface area contributed by atoms with Gasteiger partial charge < -0.3 is 10.6 Å². The van der Waals surface area contributed by atoms with Crippen LogP contribution >= 0.6 is 23.1 Å². The summed E-state index contributed by atoms with van der Waals surface area (Å²) in [5.41, 5.74) is 0. The maximum absolute atomic E-state index is 4.63. The Morgan fingerprint density at radius 2 is 2.33 bits per heavy atom. The Hall–Kier alpha value is -0.680. The van der Waals surface area contributed by atoms with Crippen LogP contribution in [0.2, 0.25) is 0 Å². The van der Waals surface area contributed by atoms with Crippen molar-refractivity contribution in [1.29, 1.82) is 0 Å². The number of rotatable bonds is 7. The SMILES string of the molecule is CCNC(=NCC(C)c1cccs1)NCCSC. The van der Waals surface area contributed by atoms with Crippen molar-refractivity contribution in [2.45, 2.75) is 19.8 Å². The van der Waals surface area contributed by atoms with Gasteiger partial charge in [-0.25, -0.2) is 0 Å². The molecule has 1 unspecified atom stereocenters. The molecular formula is C13H23N3S2. The Bertz CT molecular complexity index is 336. The highest BCUT2D eigenvalue weighted by atomic mass is 32.2. The third-order valence-electron chi connectivity index (χ3n) is 2.50. The number of nitrogens with one attached hydrogen (secondary N) is 2. The molecule has 0 spiro atoms. The molecule has 0 amide bonds. The average Bonchev–Trinajstić information content (AvgIpc) is 2.89. The maximum Gasteiger partial charge on any atom is 0.191 e. The molecule has 0 bridgehead atoms. The summed E-state index contributed by atoms with van der Waals surface area (Å²) in [4.78, 5) is 6.03. The van der Waals surface area contributed by atoms with Crippen LogP contribution in [0.4, 0.5) is 0 Å². The van der Waals surface area contributed by atoms with Gasteiger partial charge in [-0.3, -0.25) is 4.99 Å². The smallest absolute Gasteiger partial charge is 0.191 e. The van der Waals surface area contributed by atoms with E-state index in [9.17, 15) is 0 Å². The lowest BCUT2D eigenvalue weighted by Crippen LogP contribution is -2.38. The predicted molar refractivity (Wildman–Crippen MR) is 85.1 cm³/mol. The molecule has 0 saturated heterocycles. The summed E-state index contributed by atoms with van der Waals surface area (Å²) in [6.45, 7) is 7.00. The number of nitrogens with zero attached hydrogens (tertiary/aromatic N) is 1. The fourth-order valence-electron chi connectivity index (χ4n) is 1.50. The Kier molecular flexibility index (Phi) is 7.93. The van der Waals surface area contributed by atoms with Crippen LogP contribution in [0.15, 0.2) is 22.5 Å². The zero-order valence-electron chi connectivity index (χ0n) is 11.4. The molecule has 0 aliphatic heterocycles. The lowest BCUT2D eigenvalue weighted by Gasteiger charge is -2.12. The van der Waals surface area contributed by atoms with Crippen LogP contribution < -0.4 is 10.6 Å². The van der Waals surface area contributed by atoms with Gasteiger partial charge >= 0.3 is 0 Å². The topological polar surface area (TPSA) is 36.4 Å². The molecule has 1 aromatic heterocycles. The number of hydrogen-bond acceptors (Lipinski definition) is 3. The number of thioether (sulfide) groups is 1. The predicted octanol–water partition coefficient (Wildman–Crippen LogP) is 2.77. The molecule has 0 radical (unpaired) electrons. The summed E-state index contributed by atoms with van der Waals surface area (Å²) >= 11 is 3.64. The second-order valence-electron chi connectivity index (χ2n) is 4.06. The Morgan fingerprint density at radius 3 is 2.94 bits per heavy atom. The number of aliphatic imine (C=N–C) groups is 1. The molecule has 0 aliphatic carbocycles. The largest absolute Gasteiger partial charge is 0.357 e. The first kappa shape index (κ1) is 15.4. The molecule has 5 heteroatoms. The van der Waals surface area contributed by atoms with Crippen LogP contribution in [-0.2, 0) is 0 Å². The Morgan fingerprint density at radius 1 is 1.50 bits per heavy atom. The molecule has 3 nitrogen and oxygen atoms in total. The molecule has 18 heavy (non-hydrogen) atoms. The molecule has 0 aromatic carbocycles. The van der Waals surface area contributed by atoms with Crippen LogP contribution in [0.25, 0.3) is 0 Å². The zero-order chi connectivity index (χ0) is 13.2. The van der Waals surface area contributed by atoms with Gasteiger partial charge in [0.1, 0.15) is 0 Å². The van der Waals surface area contributed by atoms with Crippen LogP contribution in [0.1, 0.15) is 24.6 Å². The van der Waals surface area contributed by atoms with Crippen LogP contribution in [0.3, 0.4) is 0 Å². The van der Waals surface area contributed by atoms with Crippen molar-refractivity contribution in [2.24, 2.45) is 4.99 Å². The summed E-state index contributed by atoms with van der Waals surface area (Å²) in [5.74, 6) is 2.52. The highest BCUT2D eigenvalue weighted by Gasteiger charge is 2.06. The second-order valence-corrected chi connectivity index (χ2v) is 6.02. The summed E-state index contributed by atoms with van der Waals surface area (Å²) in [6, 6.07) is 4.28. The van der Waals surface area contributed by atoms with Gasteiger partial charge in [0, 0.05) is 29.6 Å². The van der Waals surface area contributed by atoms with Gasteiger partial charge in [0.15, 0.2) is 5.96 Å². The lowest BCUT2D eigenvalue weighted by atomic mass is 10.1. The minimum Gasteiger partial charge on any atom is -0.357 e. The minimum absolute atomic E-state index is 0.487. The molecule has 1 heterocycles. The van der Waals surface area contributed by atoms with Crippen LogP contribution in [0, 0.1) is 0 Å². The standard InChI is InChI=1S/C13H23N3S2/c1-4-14-13(15-7-9-17-3)16-10-11(2)12-6-5-8-18-12/h5-6,8,11H,4,7,9-10H2,1-3H3,(H2,14,15,16). The summed E-state index contributed by atoms with van der Waals surface area (Å²) < 4.78 is 0. The molecule has 1 aromatic rings. The van der Waals surface area contributed by atoms with Gasteiger partial charge in [0.2, 0.25) is 0 Å². The van der Waals surface area contributed by atoms with Gasteiger partial charge in [0.05, 0.1) is 6.54 Å². The van der Waals surface area contributed by atoms with Crippen molar-refractivity contribution in [1.82, 2.24) is 10.6 Å². The highest BCUT2D eigenvalue weighted by Crippen LogP contribution is 2.20. The average molecular weight is 285 g/mol. The van der Waals surface area contributed by atoms with Crippen molar-refractivity contribution in [3.8, 4) is 0 Å². The number of guanidine groups is 1. The molecule has 0 aliphatic rings. The van der Waals surface area contributed by atoms with Gasteiger partial charge in [-0.15, -0.1) is 11.3 Å². The molecule has 0 saturated carbocycles. The number of hydrogen-bond donors (Lipinski definition) is 2. The van der Waals surface area contributed by atoms with E-state index in [1.807, 2.05) is 11.8 Å². The van der Waals surface area contributed by atoms with Gasteiger partial charge in [0.25, 0.3) is 0 Å². The fraction of sp³-hybridized carbons (Fsp3) is 0.615. The summed E-state index contributed by atoms with van der Waals surface area (Å²) in [5, 5.41) is 8.74. The second kappa shape index (κ2) is 9.28. The summed E-state index contributed by atoms with van der Waals surface area (Å²) in [6.07, 6.45) is 2.12. The van der Waals surface area contributed by atoms with E-state index in [2.05, 4.69) is 53.2 Å². The van der Waals surface area contributed by atoms with Crippen molar-refractivity contribution in [3.63, 3.8) is 0 Å². The van der Waals surface area contributed by atoms with E-state index in [1.54, 1.807) is 11.3 Å². The molecule has 1 rings (SSSR count). The first-order chi connectivity index (χ1) is 8.77. The molecule has 1 atom stereocenters.